The first-order valence-corrected chi connectivity index (χ1v) is 19.3. The second-order valence-corrected chi connectivity index (χ2v) is 17.6. The van der Waals surface area contributed by atoms with E-state index in [1.54, 1.807) is 83.1 Å². The monoisotopic (exact) mass is 807 g/mol. The van der Waals surface area contributed by atoms with Gasteiger partial charge < -0.3 is 49.4 Å². The zero-order chi connectivity index (χ0) is 42.7. The van der Waals surface area contributed by atoms with Gasteiger partial charge >= 0.3 is 24.0 Å². The summed E-state index contributed by atoms with van der Waals surface area (Å²) in [5.74, 6) is -5.36. The van der Waals surface area contributed by atoms with Gasteiger partial charge in [0.25, 0.3) is 0 Å². The number of aliphatic hydroxyl groups is 4. The van der Waals surface area contributed by atoms with Crippen LogP contribution in [0.3, 0.4) is 0 Å². The van der Waals surface area contributed by atoms with Crippen LogP contribution in [0, 0.1) is 16.7 Å². The normalized spacial score (nSPS) is 33.7. The van der Waals surface area contributed by atoms with E-state index in [1.807, 2.05) is 0 Å². The van der Waals surface area contributed by atoms with Gasteiger partial charge in [-0.05, 0) is 63.5 Å². The first kappa shape index (κ1) is 42.9. The number of rotatable bonds is 8. The molecule has 1 saturated heterocycles. The fourth-order valence-corrected chi connectivity index (χ4v) is 9.56. The number of ether oxygens (including phenoxy) is 5. The number of hydrogen-bond acceptors (Lipinski definition) is 14. The number of aliphatic hydroxyl groups excluding tert-OH is 3. The standard InChI is InChI=1S/C43H53NO14/c1-22-26(55-37(51)32(48)30(24-15-11-9-12-16-24)44-38(52)58-39(3,4)5)20-43(53)35(56-36(50)25-17-13-10-14-18-25)33-41(8,34(49)31(47)29(22)40(43,6)7)27(46)19-28-42(33,21-54-28)57-23(2)45/h9-18,26-28,30-33,35,46-48,53H,19-21H2,1-8H3,(H,44,52)/t26-,27-,28?,30-,31+,32+,33?,35-,41?,42-,43+/m0/s1. The maximum Gasteiger partial charge on any atom is 0.408 e. The summed E-state index contributed by atoms with van der Waals surface area (Å²) in [5, 5.41) is 51.6. The van der Waals surface area contributed by atoms with Crippen LogP contribution in [0.25, 0.3) is 0 Å². The summed E-state index contributed by atoms with van der Waals surface area (Å²) in [5.41, 5.74) is -8.14. The fraction of sp³-hybridized carbons (Fsp3) is 0.558. The van der Waals surface area contributed by atoms with Crippen molar-refractivity contribution in [1.82, 2.24) is 5.32 Å². The van der Waals surface area contributed by atoms with Crippen LogP contribution in [0.1, 0.15) is 90.2 Å². The molecular weight excluding hydrogens is 754 g/mol. The molecular formula is C43H53NO14. The zero-order valence-corrected chi connectivity index (χ0v) is 33.9. The highest BCUT2D eigenvalue weighted by Crippen LogP contribution is 2.64. The van der Waals surface area contributed by atoms with E-state index in [0.29, 0.717) is 5.56 Å². The largest absolute Gasteiger partial charge is 0.456 e. The van der Waals surface area contributed by atoms with Crippen molar-refractivity contribution in [2.45, 2.75) is 128 Å². The Kier molecular flexibility index (Phi) is 11.2. The predicted molar refractivity (Wildman–Crippen MR) is 204 cm³/mol. The van der Waals surface area contributed by atoms with Crippen LogP contribution in [0.4, 0.5) is 4.79 Å². The lowest BCUT2D eigenvalue weighted by molar-refractivity contribution is -0.346. The maximum atomic E-state index is 14.9. The molecule has 0 aromatic heterocycles. The number of alkyl carbamates (subject to hydrolysis) is 1. The Balaban J connectivity index is 1.49. The van der Waals surface area contributed by atoms with Crippen LogP contribution in [-0.4, -0.2) is 110 Å². The van der Waals surface area contributed by atoms with Crippen LogP contribution in [-0.2, 0) is 38.1 Å². The number of Topliss-reactive ketones (excluding diaryl/α,β-unsaturated/α-hetero) is 1. The summed E-state index contributed by atoms with van der Waals surface area (Å²) in [6.07, 6.45) is -11.5. The quantitative estimate of drug-likeness (QED) is 0.147. The molecule has 0 radical (unpaired) electrons. The number of benzene rings is 2. The van der Waals surface area contributed by atoms with Crippen LogP contribution < -0.4 is 5.32 Å². The molecule has 15 heteroatoms. The molecule has 11 atom stereocenters. The number of carbonyl (C=O) groups excluding carboxylic acids is 5. The summed E-state index contributed by atoms with van der Waals surface area (Å²) in [7, 11) is 0. The van der Waals surface area contributed by atoms with Gasteiger partial charge in [-0.3, -0.25) is 9.59 Å². The Hall–Kier alpha value is -4.67. The summed E-state index contributed by atoms with van der Waals surface area (Å²) in [6.45, 7) is 11.8. The van der Waals surface area contributed by atoms with Gasteiger partial charge in [0.05, 0.1) is 35.6 Å². The number of amides is 1. The minimum Gasteiger partial charge on any atom is -0.456 e. The highest BCUT2D eigenvalue weighted by atomic mass is 16.6. The number of ketones is 1. The lowest BCUT2D eigenvalue weighted by Gasteiger charge is -2.67. The van der Waals surface area contributed by atoms with Crippen molar-refractivity contribution in [2.24, 2.45) is 16.7 Å². The predicted octanol–water partition coefficient (Wildman–Crippen LogP) is 3.26. The maximum absolute atomic E-state index is 14.9. The molecule has 2 aromatic carbocycles. The van der Waals surface area contributed by atoms with E-state index < -0.39 is 112 Å². The lowest BCUT2D eigenvalue weighted by Crippen LogP contribution is -2.81. The van der Waals surface area contributed by atoms with E-state index in [4.69, 9.17) is 23.7 Å². The minimum atomic E-state index is -2.35. The number of hydrogen-bond donors (Lipinski definition) is 5. The third-order valence-electron chi connectivity index (χ3n) is 12.6. The highest BCUT2D eigenvalue weighted by Gasteiger charge is 2.78. The molecule has 3 aliphatic carbocycles. The zero-order valence-electron chi connectivity index (χ0n) is 33.9. The average Bonchev–Trinajstić information content (AvgIpc) is 3.14. The van der Waals surface area contributed by atoms with Crippen LogP contribution in [0.15, 0.2) is 71.8 Å². The molecule has 6 rings (SSSR count). The van der Waals surface area contributed by atoms with E-state index >= 15 is 0 Å². The van der Waals surface area contributed by atoms with Gasteiger partial charge in [-0.15, -0.1) is 0 Å². The van der Waals surface area contributed by atoms with Gasteiger partial charge in [0.2, 0.25) is 0 Å². The molecule has 1 heterocycles. The molecule has 2 aromatic rings. The molecule has 5 N–H and O–H groups in total. The van der Waals surface area contributed by atoms with Gasteiger partial charge in [0, 0.05) is 25.2 Å². The van der Waals surface area contributed by atoms with Gasteiger partial charge in [0.15, 0.2) is 17.5 Å². The third-order valence-corrected chi connectivity index (χ3v) is 12.6. The molecule has 3 fully saturated rings. The second-order valence-electron chi connectivity index (χ2n) is 17.6. The van der Waals surface area contributed by atoms with Gasteiger partial charge in [0.1, 0.15) is 35.6 Å². The molecule has 2 bridgehead atoms. The molecule has 1 amide bonds. The number of esters is 3. The topological polar surface area (TPSA) is 224 Å². The molecule has 1 aliphatic heterocycles. The third kappa shape index (κ3) is 7.10. The summed E-state index contributed by atoms with van der Waals surface area (Å²) < 4.78 is 29.5. The van der Waals surface area contributed by atoms with Crippen molar-refractivity contribution in [3.8, 4) is 0 Å². The van der Waals surface area contributed by atoms with E-state index in [-0.39, 0.29) is 29.7 Å². The van der Waals surface area contributed by atoms with Crippen molar-refractivity contribution >= 4 is 29.8 Å². The first-order chi connectivity index (χ1) is 27.0. The van der Waals surface area contributed by atoms with Crippen molar-refractivity contribution in [1.29, 1.82) is 0 Å². The summed E-state index contributed by atoms with van der Waals surface area (Å²) in [6, 6.07) is 14.6. The van der Waals surface area contributed by atoms with E-state index in [2.05, 4.69) is 5.32 Å². The molecule has 58 heavy (non-hydrogen) atoms. The van der Waals surface area contributed by atoms with Gasteiger partial charge in [-0.2, -0.15) is 0 Å². The molecule has 314 valence electrons. The SMILES string of the molecule is CC(=O)O[C@@]12COC1C[C@H](O)C1(C)C(=O)[C@H](O)C3=C(C)[C@@H](OC(=O)[C@H](O)[C@@H](NC(=O)OC(C)(C)C)c4ccccc4)C[C@@](O)([C@@H](OC(=O)c4ccccc4)C12)C3(C)C. The Labute approximate surface area is 336 Å². The van der Waals surface area contributed by atoms with Crippen molar-refractivity contribution in [2.75, 3.05) is 6.61 Å². The average molecular weight is 808 g/mol. The Morgan fingerprint density at radius 2 is 1.55 bits per heavy atom. The number of fused-ring (bicyclic) bond motifs is 5. The number of nitrogens with one attached hydrogen (secondary N) is 1. The summed E-state index contributed by atoms with van der Waals surface area (Å²) >= 11 is 0. The van der Waals surface area contributed by atoms with Gasteiger partial charge in [-0.1, -0.05) is 62.4 Å². The molecule has 2 saturated carbocycles. The molecule has 0 spiro atoms. The van der Waals surface area contributed by atoms with E-state index in [1.165, 1.54) is 26.0 Å². The fourth-order valence-electron chi connectivity index (χ4n) is 9.56. The second kappa shape index (κ2) is 15.2. The Bertz CT molecular complexity index is 1980. The van der Waals surface area contributed by atoms with Crippen molar-refractivity contribution in [3.05, 3.63) is 82.9 Å². The Morgan fingerprint density at radius 3 is 2.10 bits per heavy atom. The highest BCUT2D eigenvalue weighted by molar-refractivity contribution is 5.94. The minimum absolute atomic E-state index is 0.0637. The van der Waals surface area contributed by atoms with E-state index in [0.717, 1.165) is 6.92 Å². The molecule has 15 nitrogen and oxygen atoms in total. The Morgan fingerprint density at radius 1 is 0.948 bits per heavy atom. The van der Waals surface area contributed by atoms with Crippen molar-refractivity contribution < 1.29 is 68.1 Å². The smallest absolute Gasteiger partial charge is 0.408 e. The summed E-state index contributed by atoms with van der Waals surface area (Å²) in [4.78, 5) is 68.9. The van der Waals surface area contributed by atoms with Gasteiger partial charge in [-0.25, -0.2) is 14.4 Å². The van der Waals surface area contributed by atoms with Crippen LogP contribution >= 0.6 is 0 Å². The van der Waals surface area contributed by atoms with Crippen LogP contribution in [0.5, 0.6) is 0 Å². The number of carbonyl (C=O) groups is 5. The lowest BCUT2D eigenvalue weighted by atomic mass is 9.44. The first-order valence-electron chi connectivity index (χ1n) is 19.3. The van der Waals surface area contributed by atoms with E-state index in [9.17, 15) is 44.4 Å². The van der Waals surface area contributed by atoms with Crippen LogP contribution in [0.2, 0.25) is 0 Å². The van der Waals surface area contributed by atoms with Crippen molar-refractivity contribution in [3.63, 3.8) is 0 Å². The molecule has 4 aliphatic rings. The molecule has 3 unspecified atom stereocenters.